The van der Waals surface area contributed by atoms with Crippen molar-refractivity contribution in [3.05, 3.63) is 145 Å². The number of hydrogen-bond donors (Lipinski definition) is 0. The quantitative estimate of drug-likeness (QED) is 0.251. The maximum atomic E-state index is 7.15. The zero-order valence-corrected chi connectivity index (χ0v) is 19.4. The molecular formula is C30H23ClSi. The Bertz CT molecular complexity index is 1200. The molecule has 0 radical (unpaired) electrons. The van der Waals surface area contributed by atoms with Gasteiger partial charge in [-0.3, -0.25) is 0 Å². The first-order chi connectivity index (χ1) is 15.8. The number of halogens is 1. The molecule has 0 aromatic heterocycles. The topological polar surface area (TPSA) is 0 Å². The summed E-state index contributed by atoms with van der Waals surface area (Å²) in [5.74, 6) is 0. The van der Waals surface area contributed by atoms with Crippen LogP contribution in [0.5, 0.6) is 0 Å². The van der Waals surface area contributed by atoms with Crippen molar-refractivity contribution in [3.8, 4) is 11.1 Å². The predicted molar refractivity (Wildman–Crippen MR) is 141 cm³/mol. The molecule has 0 aliphatic carbocycles. The minimum atomic E-state index is -2.70. The second-order valence-corrected chi connectivity index (χ2v) is 12.0. The van der Waals surface area contributed by atoms with Crippen molar-refractivity contribution in [1.82, 2.24) is 0 Å². The third-order valence-electron chi connectivity index (χ3n) is 6.09. The summed E-state index contributed by atoms with van der Waals surface area (Å²) in [4.78, 5) is 0. The Morgan fingerprint density at radius 2 is 0.812 bits per heavy atom. The highest BCUT2D eigenvalue weighted by atomic mass is 35.5. The van der Waals surface area contributed by atoms with Crippen molar-refractivity contribution in [3.63, 3.8) is 0 Å². The maximum Gasteiger partial charge on any atom is 0.181 e. The van der Waals surface area contributed by atoms with Crippen LogP contribution in [0.3, 0.4) is 0 Å². The van der Waals surface area contributed by atoms with Gasteiger partial charge >= 0.3 is 0 Å². The van der Waals surface area contributed by atoms with Crippen LogP contribution in [0.2, 0.25) is 5.02 Å². The summed E-state index contributed by atoms with van der Waals surface area (Å²) in [6, 6.07) is 49.6. The Morgan fingerprint density at radius 3 is 1.25 bits per heavy atom. The fourth-order valence-electron chi connectivity index (χ4n) is 4.76. The molecular weight excluding hydrogens is 424 g/mol. The van der Waals surface area contributed by atoms with E-state index in [-0.39, 0.29) is 0 Å². The molecule has 0 amide bonds. The van der Waals surface area contributed by atoms with E-state index in [0.717, 1.165) is 5.02 Å². The molecule has 154 valence electrons. The molecule has 0 fully saturated rings. The number of rotatable bonds is 5. The van der Waals surface area contributed by atoms with Crippen molar-refractivity contribution in [2.75, 3.05) is 0 Å². The molecule has 0 nitrogen and oxygen atoms in total. The first-order valence-corrected chi connectivity index (χ1v) is 13.2. The van der Waals surface area contributed by atoms with Gasteiger partial charge in [0, 0.05) is 5.02 Å². The van der Waals surface area contributed by atoms with Gasteiger partial charge in [-0.25, -0.2) is 0 Å². The highest BCUT2D eigenvalue weighted by Crippen LogP contribution is 2.25. The second-order valence-electron chi connectivity index (χ2n) is 7.88. The molecule has 5 aromatic carbocycles. The standard InChI is InChI=1S/C30H23ClSi/c31-29-23-13-22-28(24-14-5-1-6-15-24)30(29)32(25-16-7-2-8-17-25,26-18-9-3-10-19-26)27-20-11-4-12-21-27/h1-23H. The van der Waals surface area contributed by atoms with Crippen LogP contribution in [-0.4, -0.2) is 8.07 Å². The Morgan fingerprint density at radius 1 is 0.406 bits per heavy atom. The summed E-state index contributed by atoms with van der Waals surface area (Å²) in [6.45, 7) is 0. The first-order valence-electron chi connectivity index (χ1n) is 10.8. The van der Waals surface area contributed by atoms with E-state index in [1.54, 1.807) is 0 Å². The van der Waals surface area contributed by atoms with Crippen molar-refractivity contribution in [2.24, 2.45) is 0 Å². The van der Waals surface area contributed by atoms with E-state index in [2.05, 4.69) is 133 Å². The van der Waals surface area contributed by atoms with Gasteiger partial charge in [0.1, 0.15) is 0 Å². The average Bonchev–Trinajstić information content (AvgIpc) is 2.88. The van der Waals surface area contributed by atoms with Gasteiger partial charge in [-0.05, 0) is 37.9 Å². The van der Waals surface area contributed by atoms with E-state index in [0.29, 0.717) is 0 Å². The lowest BCUT2D eigenvalue weighted by Gasteiger charge is -2.36. The van der Waals surface area contributed by atoms with Crippen LogP contribution in [0.1, 0.15) is 0 Å². The van der Waals surface area contributed by atoms with Gasteiger partial charge in [-0.1, -0.05) is 145 Å². The van der Waals surface area contributed by atoms with Crippen LogP contribution in [0, 0.1) is 0 Å². The van der Waals surface area contributed by atoms with Gasteiger partial charge in [-0.15, -0.1) is 0 Å². The second kappa shape index (κ2) is 9.00. The molecule has 5 rings (SSSR count). The molecule has 0 saturated heterocycles. The van der Waals surface area contributed by atoms with Crippen molar-refractivity contribution in [1.29, 1.82) is 0 Å². The number of hydrogen-bond acceptors (Lipinski definition) is 0. The molecule has 0 heterocycles. The molecule has 0 saturated carbocycles. The Hall–Kier alpha value is -3.39. The summed E-state index contributed by atoms with van der Waals surface area (Å²) in [7, 11) is -2.70. The molecule has 0 aliphatic heterocycles. The van der Waals surface area contributed by atoms with Gasteiger partial charge in [0.2, 0.25) is 0 Å². The van der Waals surface area contributed by atoms with Crippen molar-refractivity contribution >= 4 is 40.4 Å². The van der Waals surface area contributed by atoms with E-state index < -0.39 is 8.07 Å². The third-order valence-corrected chi connectivity index (χ3v) is 11.5. The SMILES string of the molecule is Clc1cccc(-c2ccccc2)c1[Si](c1ccccc1)(c1ccccc1)c1ccccc1. The van der Waals surface area contributed by atoms with Gasteiger partial charge in [-0.2, -0.15) is 0 Å². The lowest BCUT2D eigenvalue weighted by atomic mass is 10.1. The zero-order chi connectivity index (χ0) is 21.8. The van der Waals surface area contributed by atoms with Gasteiger partial charge < -0.3 is 0 Å². The Kier molecular flexibility index (Phi) is 5.77. The van der Waals surface area contributed by atoms with Crippen LogP contribution in [-0.2, 0) is 0 Å². The van der Waals surface area contributed by atoms with E-state index in [1.807, 2.05) is 6.07 Å². The van der Waals surface area contributed by atoms with Crippen molar-refractivity contribution < 1.29 is 0 Å². The fraction of sp³-hybridized carbons (Fsp3) is 0. The largest absolute Gasteiger partial charge is 0.181 e. The minimum Gasteiger partial charge on any atom is -0.0844 e. The molecule has 0 atom stereocenters. The van der Waals surface area contributed by atoms with Crippen LogP contribution in [0.4, 0.5) is 0 Å². The third kappa shape index (κ3) is 3.50. The van der Waals surface area contributed by atoms with Gasteiger partial charge in [0.25, 0.3) is 0 Å². The highest BCUT2D eigenvalue weighted by Gasteiger charge is 2.44. The van der Waals surface area contributed by atoms with E-state index in [1.165, 1.54) is 31.9 Å². The monoisotopic (exact) mass is 446 g/mol. The normalized spacial score (nSPS) is 11.3. The minimum absolute atomic E-state index is 0.814. The smallest absolute Gasteiger partial charge is 0.0844 e. The summed E-state index contributed by atoms with van der Waals surface area (Å²) >= 11 is 7.15. The summed E-state index contributed by atoms with van der Waals surface area (Å²) < 4.78 is 0. The zero-order valence-electron chi connectivity index (χ0n) is 17.7. The molecule has 5 aromatic rings. The molecule has 0 spiro atoms. The fourth-order valence-corrected chi connectivity index (χ4v) is 10.4. The predicted octanol–water partition coefficient (Wildman–Crippen LogP) is 5.38. The summed E-state index contributed by atoms with van der Waals surface area (Å²) in [5, 5.41) is 6.01. The van der Waals surface area contributed by atoms with Crippen LogP contribution in [0.25, 0.3) is 11.1 Å². The summed E-state index contributed by atoms with van der Waals surface area (Å²) in [5.41, 5.74) is 2.38. The number of benzene rings is 5. The molecule has 32 heavy (non-hydrogen) atoms. The molecule has 0 unspecified atom stereocenters. The van der Waals surface area contributed by atoms with Crippen LogP contribution >= 0.6 is 11.6 Å². The average molecular weight is 447 g/mol. The van der Waals surface area contributed by atoms with E-state index in [4.69, 9.17) is 11.6 Å². The molecule has 0 N–H and O–H groups in total. The lowest BCUT2D eigenvalue weighted by Crippen LogP contribution is -2.75. The van der Waals surface area contributed by atoms with E-state index in [9.17, 15) is 0 Å². The van der Waals surface area contributed by atoms with Crippen LogP contribution < -0.4 is 20.7 Å². The Labute approximate surface area is 195 Å². The molecule has 0 bridgehead atoms. The van der Waals surface area contributed by atoms with Gasteiger partial charge in [0.05, 0.1) is 0 Å². The Balaban J connectivity index is 1.98. The van der Waals surface area contributed by atoms with Crippen molar-refractivity contribution in [2.45, 2.75) is 0 Å². The molecule has 0 aliphatic rings. The first kappa shape index (κ1) is 20.5. The highest BCUT2D eigenvalue weighted by molar-refractivity contribution is 7.21. The van der Waals surface area contributed by atoms with E-state index >= 15 is 0 Å². The summed E-state index contributed by atoms with van der Waals surface area (Å²) in [6.07, 6.45) is 0. The maximum absolute atomic E-state index is 7.15. The molecule has 2 heteroatoms. The van der Waals surface area contributed by atoms with Crippen LogP contribution in [0.15, 0.2) is 140 Å². The van der Waals surface area contributed by atoms with Gasteiger partial charge in [0.15, 0.2) is 8.07 Å². The lowest BCUT2D eigenvalue weighted by molar-refractivity contribution is 1.62.